The zero-order chi connectivity index (χ0) is 28.5. The van der Waals surface area contributed by atoms with E-state index in [-0.39, 0.29) is 11.0 Å². The van der Waals surface area contributed by atoms with Crippen molar-refractivity contribution in [3.8, 4) is 5.75 Å². The molecule has 0 aromatic heterocycles. The summed E-state index contributed by atoms with van der Waals surface area (Å²) in [4.78, 5) is 15.3. The van der Waals surface area contributed by atoms with Crippen LogP contribution < -0.4 is 9.64 Å². The first-order valence-electron chi connectivity index (χ1n) is 14.1. The maximum Gasteiger partial charge on any atom is 0.343 e. The fourth-order valence-electron chi connectivity index (χ4n) is 6.52. The number of hydrogen-bond acceptors (Lipinski definition) is 7. The predicted octanol–water partition coefficient (Wildman–Crippen LogP) is 4.40. The number of methoxy groups -OCH3 is 1. The number of sulfonamides is 1. The molecule has 2 aromatic rings. The van der Waals surface area contributed by atoms with Crippen molar-refractivity contribution in [2.24, 2.45) is 0 Å². The lowest BCUT2D eigenvalue weighted by molar-refractivity contribution is -0.161. The number of halogens is 1. The SMILES string of the molecule is COC(=O)[C@]1(O)CS(=O)(=O)N(C)CCCCCCCN2C[C@@]3(CCCc4cc(Cl)ccc43)COc3ccc1cc32. The minimum absolute atomic E-state index is 0.172. The lowest BCUT2D eigenvalue weighted by Gasteiger charge is -2.41. The highest BCUT2D eigenvalue weighted by Crippen LogP contribution is 2.45. The summed E-state index contributed by atoms with van der Waals surface area (Å²) in [5.74, 6) is -1.16. The number of carbonyl (C=O) groups is 1. The van der Waals surface area contributed by atoms with E-state index >= 15 is 0 Å². The van der Waals surface area contributed by atoms with Gasteiger partial charge in [-0.2, -0.15) is 0 Å². The Morgan fingerprint density at radius 3 is 2.58 bits per heavy atom. The fraction of sp³-hybridized carbons (Fsp3) is 0.567. The molecule has 8 nitrogen and oxygen atoms in total. The Labute approximate surface area is 242 Å². The molecule has 2 aromatic carbocycles. The van der Waals surface area contributed by atoms with E-state index in [1.165, 1.54) is 22.5 Å². The molecule has 0 amide bonds. The average molecular weight is 591 g/mol. The number of esters is 1. The molecule has 0 unspecified atom stereocenters. The number of ether oxygens (including phenoxy) is 2. The summed E-state index contributed by atoms with van der Waals surface area (Å²) in [6.07, 6.45) is 7.57. The second-order valence-electron chi connectivity index (χ2n) is 11.5. The Bertz CT molecular complexity index is 1370. The third kappa shape index (κ3) is 5.58. The summed E-state index contributed by atoms with van der Waals surface area (Å²) >= 11 is 6.36. The molecule has 2 atom stereocenters. The van der Waals surface area contributed by atoms with Gasteiger partial charge in [-0.15, -0.1) is 0 Å². The number of carbonyl (C=O) groups excluding carboxylic acids is 1. The molecule has 2 aliphatic heterocycles. The smallest absolute Gasteiger partial charge is 0.343 e. The molecule has 3 aliphatic rings. The van der Waals surface area contributed by atoms with Crippen LogP contribution in [-0.2, 0) is 37.0 Å². The normalized spacial score (nSPS) is 27.4. The monoisotopic (exact) mass is 590 g/mol. The van der Waals surface area contributed by atoms with Gasteiger partial charge in [-0.1, -0.05) is 43.0 Å². The number of anilines is 1. The number of rotatable bonds is 1. The Balaban J connectivity index is 1.61. The summed E-state index contributed by atoms with van der Waals surface area (Å²) < 4.78 is 39.2. The van der Waals surface area contributed by atoms with E-state index in [9.17, 15) is 18.3 Å². The molecule has 5 rings (SSSR count). The summed E-state index contributed by atoms with van der Waals surface area (Å²) in [6.45, 7) is 2.30. The largest absolute Gasteiger partial charge is 0.490 e. The molecular formula is C30H39ClN2O6S. The number of fused-ring (bicyclic) bond motifs is 3. The summed E-state index contributed by atoms with van der Waals surface area (Å²) in [6, 6.07) is 11.2. The van der Waals surface area contributed by atoms with E-state index in [2.05, 4.69) is 17.0 Å². The molecule has 10 heteroatoms. The van der Waals surface area contributed by atoms with Crippen molar-refractivity contribution in [3.63, 3.8) is 0 Å². The molecule has 0 saturated carbocycles. The maximum atomic E-state index is 13.3. The Morgan fingerprint density at radius 1 is 1.05 bits per heavy atom. The Morgan fingerprint density at radius 2 is 1.80 bits per heavy atom. The van der Waals surface area contributed by atoms with Gasteiger partial charge in [0.1, 0.15) is 11.5 Å². The second-order valence-corrected chi connectivity index (χ2v) is 14.0. The minimum Gasteiger partial charge on any atom is -0.490 e. The van der Waals surface area contributed by atoms with Gasteiger partial charge < -0.3 is 19.5 Å². The molecule has 0 fully saturated rings. The van der Waals surface area contributed by atoms with Crippen LogP contribution in [0.5, 0.6) is 5.75 Å². The molecule has 2 heterocycles. The first-order valence-corrected chi connectivity index (χ1v) is 16.1. The first-order chi connectivity index (χ1) is 19.1. The lowest BCUT2D eigenvalue weighted by atomic mass is 9.70. The zero-order valence-corrected chi connectivity index (χ0v) is 24.9. The Kier molecular flexibility index (Phi) is 8.39. The summed E-state index contributed by atoms with van der Waals surface area (Å²) in [5.41, 5.74) is 0.809. The van der Waals surface area contributed by atoms with Crippen molar-refractivity contribution in [3.05, 3.63) is 58.1 Å². The van der Waals surface area contributed by atoms with Gasteiger partial charge in [0.2, 0.25) is 15.6 Å². The average Bonchev–Trinajstić information content (AvgIpc) is 3.08. The van der Waals surface area contributed by atoms with Gasteiger partial charge in [0.15, 0.2) is 0 Å². The van der Waals surface area contributed by atoms with Gasteiger partial charge in [0.05, 0.1) is 19.4 Å². The molecule has 0 saturated heterocycles. The second kappa shape index (κ2) is 11.5. The third-order valence-corrected chi connectivity index (χ3v) is 11.0. The van der Waals surface area contributed by atoms with Gasteiger partial charge in [0, 0.05) is 37.1 Å². The van der Waals surface area contributed by atoms with Gasteiger partial charge in [-0.25, -0.2) is 17.5 Å². The summed E-state index contributed by atoms with van der Waals surface area (Å²) in [7, 11) is -1.32. The number of hydrogen-bond donors (Lipinski definition) is 1. The molecule has 2 bridgehead atoms. The van der Waals surface area contributed by atoms with E-state index < -0.39 is 27.3 Å². The van der Waals surface area contributed by atoms with Gasteiger partial charge >= 0.3 is 5.97 Å². The molecule has 218 valence electrons. The number of aryl methyl sites for hydroxylation is 1. The molecule has 1 aliphatic carbocycles. The van der Waals surface area contributed by atoms with Gasteiger partial charge in [-0.05, 0) is 73.1 Å². The van der Waals surface area contributed by atoms with E-state index in [0.717, 1.165) is 69.3 Å². The minimum atomic E-state index is -3.97. The van der Waals surface area contributed by atoms with Crippen LogP contribution in [0.1, 0.15) is 61.6 Å². The van der Waals surface area contributed by atoms with Crippen LogP contribution in [0.2, 0.25) is 5.02 Å². The lowest BCUT2D eigenvalue weighted by Crippen LogP contribution is -2.47. The van der Waals surface area contributed by atoms with Crippen LogP contribution >= 0.6 is 11.6 Å². The quantitative estimate of drug-likeness (QED) is 0.492. The number of nitrogens with zero attached hydrogens (tertiary/aromatic N) is 2. The molecule has 1 N–H and O–H groups in total. The van der Waals surface area contributed by atoms with E-state index in [4.69, 9.17) is 21.1 Å². The van der Waals surface area contributed by atoms with Crippen molar-refractivity contribution < 1.29 is 27.8 Å². The van der Waals surface area contributed by atoms with E-state index in [0.29, 0.717) is 31.9 Å². The standard InChI is InChI=1S/C30H39ClN2O6S/c1-32-15-6-4-3-5-7-16-33-19-29(14-8-9-22-17-24(31)11-12-25(22)29)20-39-27-13-10-23(18-26(27)33)30(35,28(34)38-2)21-40(32,36)37/h10-13,17-18,35H,3-9,14-16,19-21H2,1-2H3/t29-,30-/m0/s1. The van der Waals surface area contributed by atoms with Crippen LogP contribution in [-0.4, -0.2) is 70.0 Å². The Hall–Kier alpha value is -2.33. The third-order valence-electron chi connectivity index (χ3n) is 8.81. The first kappa shape index (κ1) is 29.2. The van der Waals surface area contributed by atoms with Gasteiger partial charge in [-0.3, -0.25) is 0 Å². The highest BCUT2D eigenvalue weighted by Gasteiger charge is 2.46. The summed E-state index contributed by atoms with van der Waals surface area (Å²) in [5, 5.41) is 12.4. The van der Waals surface area contributed by atoms with Crippen molar-refractivity contribution in [2.75, 3.05) is 51.1 Å². The van der Waals surface area contributed by atoms with Crippen LogP contribution in [0.3, 0.4) is 0 Å². The van der Waals surface area contributed by atoms with E-state index in [1.54, 1.807) is 18.2 Å². The van der Waals surface area contributed by atoms with Crippen molar-refractivity contribution >= 4 is 33.3 Å². The molecule has 0 radical (unpaired) electrons. The maximum absolute atomic E-state index is 13.3. The van der Waals surface area contributed by atoms with Crippen molar-refractivity contribution in [1.29, 1.82) is 0 Å². The number of aliphatic hydroxyl groups is 1. The van der Waals surface area contributed by atoms with Crippen LogP contribution in [0.25, 0.3) is 0 Å². The van der Waals surface area contributed by atoms with Crippen molar-refractivity contribution in [2.45, 2.75) is 62.4 Å². The predicted molar refractivity (Wildman–Crippen MR) is 156 cm³/mol. The van der Waals surface area contributed by atoms with E-state index in [1.807, 2.05) is 6.07 Å². The highest BCUT2D eigenvalue weighted by molar-refractivity contribution is 7.89. The molecular weight excluding hydrogens is 552 g/mol. The number of benzene rings is 2. The zero-order valence-electron chi connectivity index (χ0n) is 23.3. The van der Waals surface area contributed by atoms with Gasteiger partial charge in [0.25, 0.3) is 0 Å². The highest BCUT2D eigenvalue weighted by atomic mass is 35.5. The topological polar surface area (TPSA) is 96.4 Å². The van der Waals surface area contributed by atoms with Crippen LogP contribution in [0.4, 0.5) is 5.69 Å². The van der Waals surface area contributed by atoms with Crippen LogP contribution in [0.15, 0.2) is 36.4 Å². The molecule has 1 spiro atoms. The van der Waals surface area contributed by atoms with Crippen molar-refractivity contribution in [1.82, 2.24) is 4.31 Å². The molecule has 40 heavy (non-hydrogen) atoms. The van der Waals surface area contributed by atoms with Crippen LogP contribution in [0, 0.1) is 0 Å². The fourth-order valence-corrected chi connectivity index (χ4v) is 8.15.